The van der Waals surface area contributed by atoms with Gasteiger partial charge in [-0.1, -0.05) is 6.07 Å². The van der Waals surface area contributed by atoms with Gasteiger partial charge in [-0.15, -0.1) is 11.3 Å². The van der Waals surface area contributed by atoms with E-state index < -0.39 is 11.9 Å². The molecule has 0 bridgehead atoms. The Balaban J connectivity index is 2.37. The summed E-state index contributed by atoms with van der Waals surface area (Å²) in [7, 11) is 2.60. The van der Waals surface area contributed by atoms with Gasteiger partial charge in [0.25, 0.3) is 5.91 Å². The van der Waals surface area contributed by atoms with E-state index in [2.05, 4.69) is 10.6 Å². The van der Waals surface area contributed by atoms with Crippen LogP contribution in [0.1, 0.15) is 55.4 Å². The number of amides is 1. The number of carbonyl (C=O) groups excluding carboxylic acids is 3. The summed E-state index contributed by atoms with van der Waals surface area (Å²) in [6.07, 6.45) is 0. The van der Waals surface area contributed by atoms with Crippen molar-refractivity contribution in [1.82, 2.24) is 4.90 Å². The molecule has 0 aliphatic rings. The molecule has 32 heavy (non-hydrogen) atoms. The lowest BCUT2D eigenvalue weighted by atomic mass is 10.1. The number of esters is 2. The SMILES string of the molecule is CCN(CC)C(=O)c1sc(NC(=S)Nc2cc(C(=O)OC)ccc2C)c(C(=O)OC)c1C. The van der Waals surface area contributed by atoms with Crippen molar-refractivity contribution < 1.29 is 23.9 Å². The zero-order chi connectivity index (χ0) is 24.0. The van der Waals surface area contributed by atoms with Crippen molar-refractivity contribution in [2.45, 2.75) is 27.7 Å². The number of hydrogen-bond donors (Lipinski definition) is 2. The van der Waals surface area contributed by atoms with Gasteiger partial charge >= 0.3 is 11.9 Å². The van der Waals surface area contributed by atoms with Gasteiger partial charge in [0.2, 0.25) is 0 Å². The number of thiophene rings is 1. The number of nitrogens with one attached hydrogen (secondary N) is 2. The number of anilines is 2. The number of nitrogens with zero attached hydrogens (tertiary/aromatic N) is 1. The first-order chi connectivity index (χ1) is 15.2. The van der Waals surface area contributed by atoms with Gasteiger partial charge in [0.15, 0.2) is 5.11 Å². The predicted octanol–water partition coefficient (Wildman–Crippen LogP) is 4.23. The van der Waals surface area contributed by atoms with Crippen LogP contribution in [0.25, 0.3) is 0 Å². The molecule has 2 aromatic rings. The fourth-order valence-corrected chi connectivity index (χ4v) is 4.51. The number of hydrogen-bond acceptors (Lipinski definition) is 7. The molecule has 0 aliphatic carbocycles. The Bertz CT molecular complexity index is 1040. The second kappa shape index (κ2) is 11.1. The summed E-state index contributed by atoms with van der Waals surface area (Å²) >= 11 is 6.58. The second-order valence-electron chi connectivity index (χ2n) is 6.83. The maximum absolute atomic E-state index is 12.9. The minimum atomic E-state index is -0.563. The van der Waals surface area contributed by atoms with Crippen LogP contribution in [-0.4, -0.2) is 55.2 Å². The first-order valence-corrected chi connectivity index (χ1v) is 11.2. The Morgan fingerprint density at radius 1 is 1.03 bits per heavy atom. The summed E-state index contributed by atoms with van der Waals surface area (Å²) in [6.45, 7) is 8.48. The smallest absolute Gasteiger partial charge is 0.341 e. The van der Waals surface area contributed by atoms with Crippen LogP contribution < -0.4 is 10.6 Å². The highest BCUT2D eigenvalue weighted by Gasteiger charge is 2.27. The Labute approximate surface area is 196 Å². The first-order valence-electron chi connectivity index (χ1n) is 9.96. The molecule has 0 saturated carbocycles. The van der Waals surface area contributed by atoms with Crippen LogP contribution in [-0.2, 0) is 9.47 Å². The number of methoxy groups -OCH3 is 2. The Morgan fingerprint density at radius 2 is 1.66 bits per heavy atom. The summed E-state index contributed by atoms with van der Waals surface area (Å²) < 4.78 is 9.69. The van der Waals surface area contributed by atoms with Crippen LogP contribution in [0.15, 0.2) is 18.2 Å². The van der Waals surface area contributed by atoms with E-state index in [4.69, 9.17) is 21.7 Å². The van der Waals surface area contributed by atoms with Crippen LogP contribution in [0.5, 0.6) is 0 Å². The minimum absolute atomic E-state index is 0.156. The van der Waals surface area contributed by atoms with Crippen LogP contribution in [0.3, 0.4) is 0 Å². The summed E-state index contributed by atoms with van der Waals surface area (Å²) in [4.78, 5) is 39.3. The van der Waals surface area contributed by atoms with Crippen molar-refractivity contribution in [2.24, 2.45) is 0 Å². The molecule has 172 valence electrons. The average Bonchev–Trinajstić information content (AvgIpc) is 3.10. The lowest BCUT2D eigenvalue weighted by molar-refractivity contribution is 0.0592. The zero-order valence-electron chi connectivity index (χ0n) is 19.0. The highest BCUT2D eigenvalue weighted by atomic mass is 32.1. The number of thiocarbonyl (C=S) groups is 1. The molecule has 0 atom stereocenters. The van der Waals surface area contributed by atoms with Crippen LogP contribution in [0.4, 0.5) is 10.7 Å². The molecule has 10 heteroatoms. The lowest BCUT2D eigenvalue weighted by Gasteiger charge is -2.18. The summed E-state index contributed by atoms with van der Waals surface area (Å²) in [6, 6.07) is 5.06. The molecule has 1 amide bonds. The number of rotatable bonds is 7. The third-order valence-corrected chi connectivity index (χ3v) is 6.31. The van der Waals surface area contributed by atoms with Gasteiger partial charge in [-0.25, -0.2) is 9.59 Å². The van der Waals surface area contributed by atoms with Crippen molar-refractivity contribution in [3.05, 3.63) is 45.3 Å². The molecule has 0 unspecified atom stereocenters. The van der Waals surface area contributed by atoms with Gasteiger partial charge in [0.1, 0.15) is 5.00 Å². The van der Waals surface area contributed by atoms with Crippen LogP contribution >= 0.6 is 23.6 Å². The summed E-state index contributed by atoms with van der Waals surface area (Å²) in [5.74, 6) is -1.18. The van der Waals surface area contributed by atoms with E-state index in [1.807, 2.05) is 20.8 Å². The maximum atomic E-state index is 12.9. The third kappa shape index (κ3) is 5.43. The third-order valence-electron chi connectivity index (χ3n) is 4.92. The van der Waals surface area contributed by atoms with Crippen molar-refractivity contribution in [1.29, 1.82) is 0 Å². The highest BCUT2D eigenvalue weighted by Crippen LogP contribution is 2.35. The fraction of sp³-hybridized carbons (Fsp3) is 0.364. The molecule has 8 nitrogen and oxygen atoms in total. The first kappa shape index (κ1) is 25.3. The number of benzene rings is 1. The van der Waals surface area contributed by atoms with E-state index in [1.54, 1.807) is 30.0 Å². The molecule has 0 fully saturated rings. The largest absolute Gasteiger partial charge is 0.465 e. The molecule has 1 aromatic heterocycles. The van der Waals surface area contributed by atoms with E-state index in [1.165, 1.54) is 14.2 Å². The molecule has 2 rings (SSSR count). The maximum Gasteiger partial charge on any atom is 0.341 e. The van der Waals surface area contributed by atoms with Gasteiger partial charge in [0.05, 0.1) is 30.2 Å². The normalized spacial score (nSPS) is 10.3. The van der Waals surface area contributed by atoms with E-state index >= 15 is 0 Å². The standard InChI is InChI=1S/C22H27N3O5S2/c1-7-25(8-2)19(26)17-13(4)16(21(28)30-6)18(32-17)24-22(31)23-15-11-14(20(27)29-5)10-9-12(15)3/h9-11H,7-8H2,1-6H3,(H2,23,24,31). The lowest BCUT2D eigenvalue weighted by Crippen LogP contribution is -2.30. The van der Waals surface area contributed by atoms with Crippen LogP contribution in [0.2, 0.25) is 0 Å². The van der Waals surface area contributed by atoms with Crippen molar-refractivity contribution in [3.8, 4) is 0 Å². The molecule has 0 saturated heterocycles. The van der Waals surface area contributed by atoms with Gasteiger partial charge < -0.3 is 25.0 Å². The van der Waals surface area contributed by atoms with Gasteiger partial charge in [-0.05, 0) is 63.2 Å². The molecule has 0 radical (unpaired) electrons. The fourth-order valence-electron chi connectivity index (χ4n) is 3.07. The quantitative estimate of drug-likeness (QED) is 0.452. The Morgan fingerprint density at radius 3 is 2.22 bits per heavy atom. The average molecular weight is 478 g/mol. The molecule has 1 heterocycles. The van der Waals surface area contributed by atoms with Crippen molar-refractivity contribution >= 4 is 57.2 Å². The second-order valence-corrected chi connectivity index (χ2v) is 8.26. The number of aryl methyl sites for hydroxylation is 1. The van der Waals surface area contributed by atoms with E-state index in [9.17, 15) is 14.4 Å². The molecular weight excluding hydrogens is 450 g/mol. The van der Waals surface area contributed by atoms with Crippen LogP contribution in [0, 0.1) is 13.8 Å². The van der Waals surface area contributed by atoms with Crippen molar-refractivity contribution in [3.63, 3.8) is 0 Å². The Hall–Kier alpha value is -2.98. The monoisotopic (exact) mass is 477 g/mol. The number of ether oxygens (including phenoxy) is 2. The minimum Gasteiger partial charge on any atom is -0.465 e. The van der Waals surface area contributed by atoms with Gasteiger partial charge in [-0.3, -0.25) is 4.79 Å². The number of carbonyl (C=O) groups is 3. The topological polar surface area (TPSA) is 97.0 Å². The molecular formula is C22H27N3O5S2. The van der Waals surface area contributed by atoms with Gasteiger partial charge in [-0.2, -0.15) is 0 Å². The van der Waals surface area contributed by atoms with Crippen molar-refractivity contribution in [2.75, 3.05) is 37.9 Å². The zero-order valence-corrected chi connectivity index (χ0v) is 20.6. The molecule has 0 spiro atoms. The van der Waals surface area contributed by atoms with Gasteiger partial charge in [0, 0.05) is 18.8 Å². The van der Waals surface area contributed by atoms with E-state index in [0.29, 0.717) is 39.8 Å². The molecule has 2 N–H and O–H groups in total. The predicted molar refractivity (Wildman–Crippen MR) is 130 cm³/mol. The Kier molecular flexibility index (Phi) is 8.73. The highest BCUT2D eigenvalue weighted by molar-refractivity contribution is 7.80. The summed E-state index contributed by atoms with van der Waals surface area (Å²) in [5.41, 5.74) is 2.63. The molecule has 0 aliphatic heterocycles. The summed E-state index contributed by atoms with van der Waals surface area (Å²) in [5, 5.41) is 6.65. The molecule has 1 aromatic carbocycles. The van der Waals surface area contributed by atoms with E-state index in [-0.39, 0.29) is 16.6 Å². The van der Waals surface area contributed by atoms with E-state index in [0.717, 1.165) is 16.9 Å².